The van der Waals surface area contributed by atoms with E-state index in [0.29, 0.717) is 22.2 Å². The Morgan fingerprint density at radius 2 is 1.56 bits per heavy atom. The van der Waals surface area contributed by atoms with E-state index in [-0.39, 0.29) is 17.5 Å². The second kappa shape index (κ2) is 8.81. The van der Waals surface area contributed by atoms with Crippen LogP contribution in [-0.2, 0) is 9.53 Å². The van der Waals surface area contributed by atoms with Crippen LogP contribution in [-0.4, -0.2) is 12.1 Å². The first-order chi connectivity index (χ1) is 15.8. The highest BCUT2D eigenvalue weighted by atomic mass is 16.5. The van der Waals surface area contributed by atoms with Gasteiger partial charge in [0.2, 0.25) is 0 Å². The molecule has 0 aromatic rings. The van der Waals surface area contributed by atoms with Crippen molar-refractivity contribution in [1.29, 1.82) is 0 Å². The Balaban J connectivity index is 1.57. The highest BCUT2D eigenvalue weighted by molar-refractivity contribution is 5.66. The number of fused-ring (bicyclic) bond motifs is 5. The van der Waals surface area contributed by atoms with Crippen LogP contribution in [0.15, 0.2) is 23.8 Å². The Hall–Kier alpha value is -1.05. The molecule has 0 aromatic carbocycles. The molecular weight excluding hydrogens is 416 g/mol. The number of hydrogen-bond donors (Lipinski definition) is 0. The van der Waals surface area contributed by atoms with Crippen LogP contribution in [0.3, 0.4) is 0 Å². The van der Waals surface area contributed by atoms with Crippen molar-refractivity contribution in [2.45, 2.75) is 126 Å². The van der Waals surface area contributed by atoms with Gasteiger partial charge < -0.3 is 4.74 Å². The quantitative estimate of drug-likeness (QED) is 0.297. The molecule has 0 bridgehead atoms. The van der Waals surface area contributed by atoms with Crippen LogP contribution in [0.2, 0.25) is 0 Å². The van der Waals surface area contributed by atoms with Crippen molar-refractivity contribution in [3.05, 3.63) is 23.8 Å². The largest absolute Gasteiger partial charge is 0.462 e. The number of rotatable bonds is 5. The van der Waals surface area contributed by atoms with E-state index in [1.807, 2.05) is 0 Å². The van der Waals surface area contributed by atoms with Gasteiger partial charge in [-0.15, -0.1) is 0 Å². The third kappa shape index (κ3) is 3.85. The summed E-state index contributed by atoms with van der Waals surface area (Å²) in [6.45, 7) is 23.4. The fraction of sp³-hybridized carbons (Fsp3) is 0.844. The van der Waals surface area contributed by atoms with Crippen molar-refractivity contribution < 1.29 is 9.53 Å². The van der Waals surface area contributed by atoms with Crippen molar-refractivity contribution in [2.24, 2.45) is 45.3 Å². The summed E-state index contributed by atoms with van der Waals surface area (Å²) >= 11 is 0. The summed E-state index contributed by atoms with van der Waals surface area (Å²) in [6, 6.07) is 0. The van der Waals surface area contributed by atoms with Crippen molar-refractivity contribution in [3.63, 3.8) is 0 Å². The van der Waals surface area contributed by atoms with Crippen LogP contribution >= 0.6 is 0 Å². The Kier molecular flexibility index (Phi) is 6.74. The maximum atomic E-state index is 11.8. The lowest BCUT2D eigenvalue weighted by molar-refractivity contribution is -0.226. The SMILES string of the molecule is C=C(CCC=C(C)C)[C@H]1CC[C@@]2(C)[C@H]1CC[C@H]1[C@@]3(C)CC[C@H](OC(C)=O)C(C)(C)[C@H]3CC[C@]12C. The maximum absolute atomic E-state index is 11.8. The Morgan fingerprint density at radius 3 is 2.21 bits per heavy atom. The van der Waals surface area contributed by atoms with E-state index >= 15 is 0 Å². The van der Waals surface area contributed by atoms with Gasteiger partial charge in [-0.2, -0.15) is 0 Å². The minimum atomic E-state index is -0.114. The van der Waals surface area contributed by atoms with Gasteiger partial charge in [-0.05, 0) is 118 Å². The van der Waals surface area contributed by atoms with Gasteiger partial charge >= 0.3 is 5.97 Å². The maximum Gasteiger partial charge on any atom is 0.302 e. The number of carbonyl (C=O) groups excluding carboxylic acids is 1. The monoisotopic (exact) mass is 468 g/mol. The van der Waals surface area contributed by atoms with Gasteiger partial charge in [0, 0.05) is 12.3 Å². The molecule has 0 amide bonds. The molecule has 2 nitrogen and oxygen atoms in total. The number of hydrogen-bond acceptors (Lipinski definition) is 2. The molecule has 0 radical (unpaired) electrons. The molecule has 2 heteroatoms. The molecule has 4 aliphatic carbocycles. The summed E-state index contributed by atoms with van der Waals surface area (Å²) in [5, 5.41) is 0. The molecular formula is C32H52O2. The van der Waals surface area contributed by atoms with Crippen LogP contribution in [0, 0.1) is 45.3 Å². The van der Waals surface area contributed by atoms with Gasteiger partial charge in [0.1, 0.15) is 6.10 Å². The second-order valence-electron chi connectivity index (χ2n) is 14.3. The van der Waals surface area contributed by atoms with Crippen molar-refractivity contribution in [3.8, 4) is 0 Å². The highest BCUT2D eigenvalue weighted by Gasteiger charge is 2.68. The van der Waals surface area contributed by atoms with Crippen molar-refractivity contribution in [1.82, 2.24) is 0 Å². The lowest BCUT2D eigenvalue weighted by atomic mass is 9.35. The minimum absolute atomic E-state index is 0.0508. The summed E-state index contributed by atoms with van der Waals surface area (Å²) < 4.78 is 5.89. The molecule has 0 aromatic heterocycles. The van der Waals surface area contributed by atoms with Crippen LogP contribution in [0.4, 0.5) is 0 Å². The standard InChI is InChI=1S/C32H52O2/c1-21(2)11-10-12-22(3)24-15-19-31(8)25(24)13-14-27-30(7)18-17-28(34-23(4)33)29(5,6)26(30)16-20-32(27,31)9/h11,24-28H,3,10,12-20H2,1-2,4-9H3/t24-,25+,26-,27+,28+,30+,31+,32-/m1/s1. The third-order valence-corrected chi connectivity index (χ3v) is 12.2. The van der Waals surface area contributed by atoms with E-state index in [2.05, 4.69) is 61.1 Å². The summed E-state index contributed by atoms with van der Waals surface area (Å²) in [5.41, 5.74) is 4.17. The summed E-state index contributed by atoms with van der Waals surface area (Å²) in [5.74, 6) is 2.81. The zero-order valence-electron chi connectivity index (χ0n) is 23.6. The summed E-state index contributed by atoms with van der Waals surface area (Å²) in [6.07, 6.45) is 15.1. The normalized spacial score (nSPS) is 44.9. The molecule has 4 saturated carbocycles. The first-order valence-corrected chi connectivity index (χ1v) is 14.3. The molecule has 34 heavy (non-hydrogen) atoms. The van der Waals surface area contributed by atoms with Crippen LogP contribution < -0.4 is 0 Å². The summed E-state index contributed by atoms with van der Waals surface area (Å²) in [7, 11) is 0. The van der Waals surface area contributed by atoms with Gasteiger partial charge in [0.05, 0.1) is 0 Å². The van der Waals surface area contributed by atoms with Gasteiger partial charge in [0.25, 0.3) is 0 Å². The van der Waals surface area contributed by atoms with E-state index in [1.165, 1.54) is 56.1 Å². The average Bonchev–Trinajstić information content (AvgIpc) is 3.08. The average molecular weight is 469 g/mol. The molecule has 0 heterocycles. The van der Waals surface area contributed by atoms with E-state index in [9.17, 15) is 4.79 Å². The van der Waals surface area contributed by atoms with Gasteiger partial charge in [0.15, 0.2) is 0 Å². The van der Waals surface area contributed by atoms with Gasteiger partial charge in [-0.25, -0.2) is 0 Å². The van der Waals surface area contributed by atoms with E-state index < -0.39 is 0 Å². The number of allylic oxidation sites excluding steroid dienone is 3. The van der Waals surface area contributed by atoms with E-state index in [1.54, 1.807) is 6.92 Å². The molecule has 8 atom stereocenters. The van der Waals surface area contributed by atoms with Gasteiger partial charge in [-0.3, -0.25) is 4.79 Å². The molecule has 0 aliphatic heterocycles. The zero-order valence-corrected chi connectivity index (χ0v) is 23.6. The molecule has 0 unspecified atom stereocenters. The number of carbonyl (C=O) groups is 1. The van der Waals surface area contributed by atoms with Crippen LogP contribution in [0.1, 0.15) is 120 Å². The number of ether oxygens (including phenoxy) is 1. The molecule has 192 valence electrons. The van der Waals surface area contributed by atoms with Crippen molar-refractivity contribution in [2.75, 3.05) is 0 Å². The lowest BCUT2D eigenvalue weighted by Crippen LogP contribution is -2.64. The molecule has 4 rings (SSSR count). The summed E-state index contributed by atoms with van der Waals surface area (Å²) in [4.78, 5) is 11.8. The predicted octanol–water partition coefficient (Wildman–Crippen LogP) is 8.91. The minimum Gasteiger partial charge on any atom is -0.462 e. The Labute approximate surface area is 210 Å². The topological polar surface area (TPSA) is 26.3 Å². The molecule has 0 spiro atoms. The smallest absolute Gasteiger partial charge is 0.302 e. The molecule has 4 fully saturated rings. The van der Waals surface area contributed by atoms with Crippen LogP contribution in [0.25, 0.3) is 0 Å². The first-order valence-electron chi connectivity index (χ1n) is 14.3. The van der Waals surface area contributed by atoms with E-state index in [4.69, 9.17) is 4.74 Å². The molecule has 0 saturated heterocycles. The fourth-order valence-corrected chi connectivity index (χ4v) is 10.4. The second-order valence-corrected chi connectivity index (χ2v) is 14.3. The van der Waals surface area contributed by atoms with Crippen molar-refractivity contribution >= 4 is 5.97 Å². The third-order valence-electron chi connectivity index (χ3n) is 12.2. The molecule has 4 aliphatic rings. The Morgan fingerprint density at radius 1 is 0.882 bits per heavy atom. The van der Waals surface area contributed by atoms with Crippen LogP contribution in [0.5, 0.6) is 0 Å². The van der Waals surface area contributed by atoms with Gasteiger partial charge in [-0.1, -0.05) is 58.4 Å². The zero-order chi connectivity index (χ0) is 25.1. The highest BCUT2D eigenvalue weighted by Crippen LogP contribution is 2.75. The number of esters is 1. The molecule has 0 N–H and O–H groups in total. The van der Waals surface area contributed by atoms with E-state index in [0.717, 1.165) is 37.0 Å². The Bertz CT molecular complexity index is 847. The lowest BCUT2D eigenvalue weighted by Gasteiger charge is -2.70. The predicted molar refractivity (Wildman–Crippen MR) is 142 cm³/mol. The first kappa shape index (κ1) is 26.0. The fourth-order valence-electron chi connectivity index (χ4n) is 10.4.